The third-order valence-corrected chi connectivity index (χ3v) is 5.25. The minimum Gasteiger partial charge on any atom is -0.442 e. The van der Waals surface area contributed by atoms with Crippen LogP contribution in [0.4, 0.5) is 20.6 Å². The van der Waals surface area contributed by atoms with Crippen LogP contribution in [0, 0.1) is 5.82 Å². The van der Waals surface area contributed by atoms with Gasteiger partial charge in [-0.25, -0.2) is 18.7 Å². The lowest BCUT2D eigenvalue weighted by Gasteiger charge is -2.15. The Balaban J connectivity index is 1.59. The highest BCUT2D eigenvalue weighted by Crippen LogP contribution is 2.27. The first-order chi connectivity index (χ1) is 14.5. The molecule has 4 N–H and O–H groups in total. The molecule has 1 saturated heterocycles. The summed E-state index contributed by atoms with van der Waals surface area (Å²) in [5.41, 5.74) is 6.37. The molecule has 1 aliphatic heterocycles. The van der Waals surface area contributed by atoms with Crippen molar-refractivity contribution >= 4 is 41.1 Å². The molecule has 0 spiro atoms. The van der Waals surface area contributed by atoms with Crippen molar-refractivity contribution in [1.29, 1.82) is 0 Å². The summed E-state index contributed by atoms with van der Waals surface area (Å²) in [7, 11) is 0. The van der Waals surface area contributed by atoms with Crippen molar-refractivity contribution in [2.75, 3.05) is 31.1 Å². The third-order valence-electron chi connectivity index (χ3n) is 4.47. The van der Waals surface area contributed by atoms with Gasteiger partial charge in [-0.3, -0.25) is 15.4 Å². The van der Waals surface area contributed by atoms with Gasteiger partial charge in [0.1, 0.15) is 17.7 Å². The number of nitrogens with two attached hydrogens (primary N) is 1. The zero-order valence-electron chi connectivity index (χ0n) is 16.5. The average molecular weight is 436 g/mol. The Morgan fingerprint density at radius 3 is 3.03 bits per heavy atom. The molecule has 1 aliphatic rings. The topological polar surface area (TPSA) is 113 Å². The van der Waals surface area contributed by atoms with Crippen LogP contribution in [0.3, 0.4) is 0 Å². The van der Waals surface area contributed by atoms with Gasteiger partial charge >= 0.3 is 6.09 Å². The summed E-state index contributed by atoms with van der Waals surface area (Å²) in [6.07, 6.45) is 2.00. The van der Waals surface area contributed by atoms with Crippen LogP contribution in [-0.4, -0.2) is 60.2 Å². The van der Waals surface area contributed by atoms with Gasteiger partial charge in [0.15, 0.2) is 11.5 Å². The standard InChI is InChI=1S/C19H23FN6O3S/c1-13(27)24-9-15-11-26(19(28)29-15)14-2-3-17(16(20)8-14)25(12-21)6-4-22-10-18-23-5-7-30-18/h2-3,5,7-8,12,15,21-22H,4,6,9-11H2,1H3,(H,24,27)/p+1/t15-/m0/s1. The molecular weight excluding hydrogens is 411 g/mol. The Morgan fingerprint density at radius 2 is 2.37 bits per heavy atom. The minimum atomic E-state index is -0.578. The molecule has 0 bridgehead atoms. The first kappa shape index (κ1) is 21.7. The summed E-state index contributed by atoms with van der Waals surface area (Å²) >= 11 is 1.56. The summed E-state index contributed by atoms with van der Waals surface area (Å²) in [6.45, 7) is 3.50. The zero-order valence-corrected chi connectivity index (χ0v) is 17.3. The van der Waals surface area contributed by atoms with Crippen LogP contribution in [0.2, 0.25) is 0 Å². The molecule has 0 aliphatic carbocycles. The van der Waals surface area contributed by atoms with Gasteiger partial charge in [0.2, 0.25) is 12.2 Å². The molecule has 0 radical (unpaired) electrons. The quantitative estimate of drug-likeness (QED) is 0.236. The van der Waals surface area contributed by atoms with Crippen LogP contribution < -0.4 is 21.3 Å². The number of hydrogen-bond acceptors (Lipinski definition) is 6. The second-order valence-electron chi connectivity index (χ2n) is 6.63. The SMILES string of the molecule is CC(=O)NC[C@H]1CN(c2ccc([N+](=CN)CCNCc3nccs3)c(F)c2)C(=O)O1. The number of nitrogens with zero attached hydrogens (tertiary/aromatic N) is 3. The monoisotopic (exact) mass is 435 g/mol. The van der Waals surface area contributed by atoms with Gasteiger partial charge in [0.25, 0.3) is 0 Å². The van der Waals surface area contributed by atoms with Crippen LogP contribution in [0.15, 0.2) is 29.8 Å². The number of halogens is 1. The van der Waals surface area contributed by atoms with E-state index in [2.05, 4.69) is 15.6 Å². The maximum atomic E-state index is 14.8. The van der Waals surface area contributed by atoms with Gasteiger partial charge in [-0.15, -0.1) is 11.3 Å². The van der Waals surface area contributed by atoms with Crippen molar-refractivity contribution in [2.24, 2.45) is 5.73 Å². The van der Waals surface area contributed by atoms with Crippen LogP contribution in [-0.2, 0) is 16.1 Å². The Kier molecular flexibility index (Phi) is 7.31. The number of carbonyl (C=O) groups is 2. The van der Waals surface area contributed by atoms with Gasteiger partial charge in [-0.2, -0.15) is 0 Å². The van der Waals surface area contributed by atoms with E-state index in [4.69, 9.17) is 10.5 Å². The molecule has 0 saturated carbocycles. The molecule has 3 rings (SSSR count). The number of hydrogen-bond donors (Lipinski definition) is 3. The van der Waals surface area contributed by atoms with E-state index in [1.165, 1.54) is 24.2 Å². The molecule has 2 heterocycles. The predicted molar refractivity (Wildman–Crippen MR) is 112 cm³/mol. The smallest absolute Gasteiger partial charge is 0.414 e. The van der Waals surface area contributed by atoms with E-state index >= 15 is 0 Å². The van der Waals surface area contributed by atoms with Crippen molar-refractivity contribution in [3.63, 3.8) is 0 Å². The summed E-state index contributed by atoms with van der Waals surface area (Å²) < 4.78 is 21.6. The highest BCUT2D eigenvalue weighted by Gasteiger charge is 2.33. The second kappa shape index (κ2) is 10.1. The maximum absolute atomic E-state index is 14.8. The minimum absolute atomic E-state index is 0.209. The number of cyclic esters (lactones) is 1. The number of amides is 2. The predicted octanol–water partition coefficient (Wildman–Crippen LogP) is 1.16. The molecule has 0 unspecified atom stereocenters. The van der Waals surface area contributed by atoms with E-state index < -0.39 is 18.0 Å². The fourth-order valence-corrected chi connectivity index (χ4v) is 3.59. The number of benzene rings is 1. The third kappa shape index (κ3) is 5.51. The van der Waals surface area contributed by atoms with Crippen molar-refractivity contribution < 1.29 is 23.3 Å². The van der Waals surface area contributed by atoms with Gasteiger partial charge < -0.3 is 15.4 Å². The van der Waals surface area contributed by atoms with Crippen molar-refractivity contribution in [1.82, 2.24) is 15.6 Å². The number of ether oxygens (including phenoxy) is 1. The van der Waals surface area contributed by atoms with E-state index in [1.54, 1.807) is 34.2 Å². The summed E-state index contributed by atoms with van der Waals surface area (Å²) in [4.78, 5) is 28.7. The molecule has 30 heavy (non-hydrogen) atoms. The molecule has 2 amide bonds. The Bertz CT molecular complexity index is 921. The molecule has 1 aromatic carbocycles. The second-order valence-corrected chi connectivity index (χ2v) is 7.61. The highest BCUT2D eigenvalue weighted by molar-refractivity contribution is 7.09. The molecule has 1 atom stereocenters. The molecule has 2 aromatic rings. The van der Waals surface area contributed by atoms with E-state index in [0.717, 1.165) is 5.01 Å². The van der Waals surface area contributed by atoms with Crippen LogP contribution in [0.25, 0.3) is 0 Å². The molecule has 9 nitrogen and oxygen atoms in total. The largest absolute Gasteiger partial charge is 0.442 e. The Morgan fingerprint density at radius 1 is 1.53 bits per heavy atom. The number of nitrogens with one attached hydrogen (secondary N) is 2. The number of rotatable bonds is 9. The van der Waals surface area contributed by atoms with Crippen LogP contribution in [0.1, 0.15) is 11.9 Å². The molecular formula is C19H24FN6O3S+. The maximum Gasteiger partial charge on any atom is 0.414 e. The van der Waals surface area contributed by atoms with Crippen molar-refractivity contribution in [3.8, 4) is 0 Å². The van der Waals surface area contributed by atoms with E-state index in [0.29, 0.717) is 31.0 Å². The van der Waals surface area contributed by atoms with Gasteiger partial charge in [0.05, 0.1) is 18.8 Å². The molecule has 11 heteroatoms. The lowest BCUT2D eigenvalue weighted by Crippen LogP contribution is -2.33. The fourth-order valence-electron chi connectivity index (χ4n) is 3.00. The lowest BCUT2D eigenvalue weighted by molar-refractivity contribution is -0.436. The zero-order chi connectivity index (χ0) is 21.5. The normalized spacial score (nSPS) is 16.6. The summed E-state index contributed by atoms with van der Waals surface area (Å²) in [6, 6.07) is 4.49. The van der Waals surface area contributed by atoms with Gasteiger partial charge in [0, 0.05) is 37.7 Å². The molecule has 1 fully saturated rings. The van der Waals surface area contributed by atoms with Gasteiger partial charge in [-0.1, -0.05) is 0 Å². The lowest BCUT2D eigenvalue weighted by atomic mass is 10.2. The van der Waals surface area contributed by atoms with Gasteiger partial charge in [-0.05, 0) is 12.1 Å². The summed E-state index contributed by atoms with van der Waals surface area (Å²) in [5, 5.41) is 8.73. The molecule has 1 aromatic heterocycles. The first-order valence-electron chi connectivity index (χ1n) is 9.41. The van der Waals surface area contributed by atoms with E-state index in [-0.39, 0.29) is 19.0 Å². The summed E-state index contributed by atoms with van der Waals surface area (Å²) in [5.74, 6) is -0.716. The van der Waals surface area contributed by atoms with E-state index in [1.807, 2.05) is 5.38 Å². The number of anilines is 1. The van der Waals surface area contributed by atoms with E-state index in [9.17, 15) is 14.0 Å². The van der Waals surface area contributed by atoms with Crippen LogP contribution in [0.5, 0.6) is 0 Å². The Hall–Kier alpha value is -3.05. The van der Waals surface area contributed by atoms with Crippen molar-refractivity contribution in [2.45, 2.75) is 19.6 Å². The first-order valence-corrected chi connectivity index (χ1v) is 10.3. The number of carbonyl (C=O) groups excluding carboxylic acids is 2. The van der Waals surface area contributed by atoms with Crippen molar-refractivity contribution in [3.05, 3.63) is 40.6 Å². The highest BCUT2D eigenvalue weighted by atomic mass is 32.1. The number of aromatic nitrogens is 1. The van der Waals surface area contributed by atoms with Crippen LogP contribution >= 0.6 is 11.3 Å². The average Bonchev–Trinajstić information content (AvgIpc) is 3.36. The number of thiazole rings is 1. The molecule has 160 valence electrons. The fraction of sp³-hybridized carbons (Fsp3) is 0.368. The Labute approximate surface area is 177 Å².